The summed E-state index contributed by atoms with van der Waals surface area (Å²) in [5.74, 6) is -0.308. The molecule has 1 rings (SSSR count). The normalized spacial score (nSPS) is 25.7. The Morgan fingerprint density at radius 3 is 2.24 bits per heavy atom. The summed E-state index contributed by atoms with van der Waals surface area (Å²) < 4.78 is 0. The number of rotatable bonds is 6. The van der Waals surface area contributed by atoms with E-state index in [2.05, 4.69) is 12.2 Å². The Balaban J connectivity index is 2.79. The fourth-order valence-electron chi connectivity index (χ4n) is 3.08. The predicted octanol–water partition coefficient (Wildman–Crippen LogP) is 3.24. The van der Waals surface area contributed by atoms with Crippen molar-refractivity contribution in [1.29, 1.82) is 0 Å². The number of hydrogen-bond donors (Lipinski definition) is 2. The number of carbonyl (C=O) groups is 2. The van der Waals surface area contributed by atoms with Gasteiger partial charge in [-0.05, 0) is 51.9 Å². The van der Waals surface area contributed by atoms with Crippen LogP contribution in [0.25, 0.3) is 0 Å². The van der Waals surface area contributed by atoms with E-state index >= 15 is 0 Å². The van der Waals surface area contributed by atoms with E-state index < -0.39 is 11.5 Å². The molecular formula is C16H30N2O3. The van der Waals surface area contributed by atoms with E-state index in [9.17, 15) is 14.7 Å². The van der Waals surface area contributed by atoms with Crippen molar-refractivity contribution in [3.8, 4) is 0 Å². The molecule has 1 fully saturated rings. The lowest BCUT2D eigenvalue weighted by atomic mass is 9.75. The second kappa shape index (κ2) is 7.66. The van der Waals surface area contributed by atoms with Crippen LogP contribution in [0, 0.1) is 5.92 Å². The van der Waals surface area contributed by atoms with E-state index in [1.54, 1.807) is 4.90 Å². The van der Waals surface area contributed by atoms with Crippen LogP contribution in [0.15, 0.2) is 0 Å². The molecule has 1 aliphatic carbocycles. The topological polar surface area (TPSA) is 69.6 Å². The Hall–Kier alpha value is -1.26. The molecule has 122 valence electrons. The Bertz CT molecular complexity index is 361. The summed E-state index contributed by atoms with van der Waals surface area (Å²) in [4.78, 5) is 25.9. The molecular weight excluding hydrogens is 268 g/mol. The van der Waals surface area contributed by atoms with Crippen LogP contribution in [0.3, 0.4) is 0 Å². The zero-order valence-corrected chi connectivity index (χ0v) is 13.8. The largest absolute Gasteiger partial charge is 0.480 e. The minimum atomic E-state index is -1.08. The van der Waals surface area contributed by atoms with E-state index in [-0.39, 0.29) is 12.1 Å². The number of hydrogen-bond acceptors (Lipinski definition) is 2. The highest BCUT2D eigenvalue weighted by molar-refractivity contribution is 5.86. The van der Waals surface area contributed by atoms with Crippen molar-refractivity contribution in [3.63, 3.8) is 0 Å². The fourth-order valence-corrected chi connectivity index (χ4v) is 3.08. The molecule has 21 heavy (non-hydrogen) atoms. The number of nitrogens with zero attached hydrogens (tertiary/aromatic N) is 1. The summed E-state index contributed by atoms with van der Waals surface area (Å²) in [6.45, 7) is 8.71. The summed E-state index contributed by atoms with van der Waals surface area (Å²) in [6, 6.07) is -0.174. The van der Waals surface area contributed by atoms with Crippen LogP contribution < -0.4 is 5.32 Å². The van der Waals surface area contributed by atoms with Gasteiger partial charge in [0, 0.05) is 12.6 Å². The molecule has 0 bridgehead atoms. The van der Waals surface area contributed by atoms with E-state index in [1.165, 1.54) is 0 Å². The van der Waals surface area contributed by atoms with Crippen molar-refractivity contribution in [2.75, 3.05) is 6.54 Å². The summed E-state index contributed by atoms with van der Waals surface area (Å²) >= 11 is 0. The summed E-state index contributed by atoms with van der Waals surface area (Å²) in [5, 5.41) is 12.4. The highest BCUT2D eigenvalue weighted by Gasteiger charge is 2.43. The van der Waals surface area contributed by atoms with Gasteiger partial charge < -0.3 is 15.3 Å². The van der Waals surface area contributed by atoms with E-state index in [0.717, 1.165) is 25.7 Å². The van der Waals surface area contributed by atoms with Crippen LogP contribution in [0.2, 0.25) is 0 Å². The van der Waals surface area contributed by atoms with Gasteiger partial charge in [-0.15, -0.1) is 0 Å². The van der Waals surface area contributed by atoms with Crippen LogP contribution in [0.1, 0.15) is 66.2 Å². The number of carboxylic acid groups (broad SMARTS) is 1. The van der Waals surface area contributed by atoms with Crippen LogP contribution in [-0.2, 0) is 4.79 Å². The number of carbonyl (C=O) groups excluding carboxylic acids is 1. The molecule has 1 aliphatic rings. The molecule has 0 aromatic rings. The highest BCUT2D eigenvalue weighted by atomic mass is 16.4. The van der Waals surface area contributed by atoms with E-state index in [0.29, 0.717) is 25.3 Å². The van der Waals surface area contributed by atoms with Gasteiger partial charge in [0.05, 0.1) is 0 Å². The lowest BCUT2D eigenvalue weighted by molar-refractivity contribution is -0.146. The first-order valence-electron chi connectivity index (χ1n) is 8.18. The average Bonchev–Trinajstić information content (AvgIpc) is 2.44. The molecule has 5 nitrogen and oxygen atoms in total. The monoisotopic (exact) mass is 298 g/mol. The first kappa shape index (κ1) is 17.8. The number of nitrogens with one attached hydrogen (secondary N) is 1. The summed E-state index contributed by atoms with van der Waals surface area (Å²) in [7, 11) is 0. The minimum absolute atomic E-state index is 0.0720. The third kappa shape index (κ3) is 4.35. The van der Waals surface area contributed by atoms with Crippen LogP contribution in [-0.4, -0.2) is 40.1 Å². The number of carboxylic acids is 1. The maximum absolute atomic E-state index is 12.5. The van der Waals surface area contributed by atoms with Gasteiger partial charge in [-0.1, -0.05) is 20.3 Å². The van der Waals surface area contributed by atoms with Crippen molar-refractivity contribution >= 4 is 12.0 Å². The second-order valence-corrected chi connectivity index (χ2v) is 6.46. The van der Waals surface area contributed by atoms with Gasteiger partial charge in [0.25, 0.3) is 0 Å². The molecule has 2 amide bonds. The molecule has 0 spiro atoms. The maximum Gasteiger partial charge on any atom is 0.329 e. The third-order valence-electron chi connectivity index (χ3n) is 4.64. The Morgan fingerprint density at radius 1 is 1.29 bits per heavy atom. The molecule has 0 radical (unpaired) electrons. The van der Waals surface area contributed by atoms with Crippen LogP contribution in [0.5, 0.6) is 0 Å². The zero-order valence-electron chi connectivity index (χ0n) is 13.8. The van der Waals surface area contributed by atoms with Crippen molar-refractivity contribution < 1.29 is 14.7 Å². The quantitative estimate of drug-likeness (QED) is 0.791. The van der Waals surface area contributed by atoms with Gasteiger partial charge in [-0.2, -0.15) is 0 Å². The van der Waals surface area contributed by atoms with Gasteiger partial charge in [-0.25, -0.2) is 9.59 Å². The molecule has 0 aromatic heterocycles. The number of aliphatic carboxylic acids is 1. The van der Waals surface area contributed by atoms with Gasteiger partial charge >= 0.3 is 12.0 Å². The predicted molar refractivity (Wildman–Crippen MR) is 83.3 cm³/mol. The lowest BCUT2D eigenvalue weighted by Crippen LogP contribution is -2.60. The highest BCUT2D eigenvalue weighted by Crippen LogP contribution is 2.34. The summed E-state index contributed by atoms with van der Waals surface area (Å²) in [5.41, 5.74) is -1.08. The smallest absolute Gasteiger partial charge is 0.329 e. The van der Waals surface area contributed by atoms with E-state index in [1.807, 2.05) is 20.8 Å². The average molecular weight is 298 g/mol. The molecule has 0 aromatic carbocycles. The standard InChI is InChI=1S/C16H30N2O3/c1-5-11-18(12(3)4)15(21)17-16(14(19)20)9-7-13(6-2)8-10-16/h12-13H,5-11H2,1-4H3,(H,17,21)(H,19,20). The molecule has 1 saturated carbocycles. The summed E-state index contributed by atoms with van der Waals surface area (Å²) in [6.07, 6.45) is 4.76. The number of amides is 2. The molecule has 0 aliphatic heterocycles. The molecule has 0 unspecified atom stereocenters. The molecule has 2 N–H and O–H groups in total. The molecule has 0 atom stereocenters. The Morgan fingerprint density at radius 2 is 1.86 bits per heavy atom. The second-order valence-electron chi connectivity index (χ2n) is 6.46. The van der Waals surface area contributed by atoms with Crippen molar-refractivity contribution in [2.24, 2.45) is 5.92 Å². The van der Waals surface area contributed by atoms with Gasteiger partial charge in [0.15, 0.2) is 0 Å². The molecule has 5 heteroatoms. The maximum atomic E-state index is 12.5. The number of urea groups is 1. The molecule has 0 saturated heterocycles. The van der Waals surface area contributed by atoms with Crippen LogP contribution >= 0.6 is 0 Å². The Kier molecular flexibility index (Phi) is 6.49. The zero-order chi connectivity index (χ0) is 16.0. The lowest BCUT2D eigenvalue weighted by Gasteiger charge is -2.39. The van der Waals surface area contributed by atoms with Crippen molar-refractivity contribution in [3.05, 3.63) is 0 Å². The Labute approximate surface area is 128 Å². The van der Waals surface area contributed by atoms with Gasteiger partial charge in [0.1, 0.15) is 5.54 Å². The first-order chi connectivity index (χ1) is 9.86. The van der Waals surface area contributed by atoms with E-state index in [4.69, 9.17) is 0 Å². The van der Waals surface area contributed by atoms with Crippen molar-refractivity contribution in [1.82, 2.24) is 10.2 Å². The van der Waals surface area contributed by atoms with Crippen LogP contribution in [0.4, 0.5) is 4.79 Å². The van der Waals surface area contributed by atoms with Gasteiger partial charge in [0.2, 0.25) is 0 Å². The SMILES string of the molecule is CCCN(C(=O)NC1(C(=O)O)CCC(CC)CC1)C(C)C. The van der Waals surface area contributed by atoms with Crippen molar-refractivity contribution in [2.45, 2.75) is 77.8 Å². The van der Waals surface area contributed by atoms with Gasteiger partial charge in [-0.3, -0.25) is 0 Å². The fraction of sp³-hybridized carbons (Fsp3) is 0.875. The third-order valence-corrected chi connectivity index (χ3v) is 4.64. The minimum Gasteiger partial charge on any atom is -0.480 e. The molecule has 0 heterocycles. The first-order valence-corrected chi connectivity index (χ1v) is 8.18.